The molecule has 9 nitrogen and oxygen atoms in total. The van der Waals surface area contributed by atoms with E-state index in [4.69, 9.17) is 0 Å². The average Bonchev–Trinajstić information content (AvgIpc) is 2.70. The van der Waals surface area contributed by atoms with E-state index in [2.05, 4.69) is 15.6 Å². The smallest absolute Gasteiger partial charge is 0.299 e. The molecule has 2 N–H and O–H groups in total. The highest BCUT2D eigenvalue weighted by atomic mass is 16.6. The molecule has 1 aromatic carbocycles. The van der Waals surface area contributed by atoms with Gasteiger partial charge in [0.05, 0.1) is 4.92 Å². The van der Waals surface area contributed by atoms with E-state index in [0.717, 1.165) is 4.68 Å². The number of aryl methyl sites for hydroxylation is 1. The molecule has 0 spiro atoms. The minimum absolute atomic E-state index is 0.0892. The fourth-order valence-electron chi connectivity index (χ4n) is 1.38. The Balaban J connectivity index is 2.17. The molecular weight excluding hydrogens is 254 g/mol. The second kappa shape index (κ2) is 4.72. The highest BCUT2D eigenvalue weighted by Gasteiger charge is 2.15. The van der Waals surface area contributed by atoms with Crippen LogP contribution in [-0.2, 0) is 7.05 Å². The molecule has 0 bridgehead atoms. The van der Waals surface area contributed by atoms with Crippen LogP contribution in [0.5, 0.6) is 0 Å². The first-order valence-electron chi connectivity index (χ1n) is 5.16. The number of carbonyl (C=O) groups excluding carboxylic acids is 1. The van der Waals surface area contributed by atoms with Crippen LogP contribution in [0.25, 0.3) is 0 Å². The Morgan fingerprint density at radius 1 is 1.42 bits per heavy atom. The lowest BCUT2D eigenvalue weighted by molar-refractivity contribution is -0.384. The van der Waals surface area contributed by atoms with Crippen LogP contribution in [-0.4, -0.2) is 25.8 Å². The summed E-state index contributed by atoms with van der Waals surface area (Å²) >= 11 is 0. The molecule has 1 amide bonds. The normalized spacial score (nSPS) is 10.2. The summed E-state index contributed by atoms with van der Waals surface area (Å²) in [5.41, 5.74) is -0.588. The van der Waals surface area contributed by atoms with E-state index in [1.165, 1.54) is 31.3 Å². The molecule has 9 heteroatoms. The van der Waals surface area contributed by atoms with E-state index in [1.54, 1.807) is 0 Å². The lowest BCUT2D eigenvalue weighted by atomic mass is 10.3. The Hall–Kier alpha value is -2.97. The van der Waals surface area contributed by atoms with Gasteiger partial charge < -0.3 is 5.32 Å². The third kappa shape index (κ3) is 2.49. The number of aromatic amines is 1. The minimum Gasteiger partial charge on any atom is -0.320 e. The van der Waals surface area contributed by atoms with Crippen LogP contribution >= 0.6 is 0 Å². The molecule has 2 aromatic rings. The summed E-state index contributed by atoms with van der Waals surface area (Å²) in [7, 11) is 1.43. The molecule has 0 radical (unpaired) electrons. The average molecular weight is 263 g/mol. The fourth-order valence-corrected chi connectivity index (χ4v) is 1.38. The summed E-state index contributed by atoms with van der Waals surface area (Å²) in [4.78, 5) is 33.1. The molecule has 0 aliphatic rings. The third-order valence-electron chi connectivity index (χ3n) is 2.37. The van der Waals surface area contributed by atoms with E-state index < -0.39 is 16.4 Å². The van der Waals surface area contributed by atoms with Gasteiger partial charge in [0.2, 0.25) is 5.69 Å². The van der Waals surface area contributed by atoms with Crippen molar-refractivity contribution in [3.8, 4) is 0 Å². The minimum atomic E-state index is -0.685. The predicted octanol–water partition coefficient (Wildman–Crippen LogP) is 0.269. The molecule has 0 unspecified atom stereocenters. The standard InChI is InChI=1S/C10H9N5O4/c1-14-10(17)8(12-13-14)9(16)11-6-2-4-7(5-3-6)15(18)19/h2-5,13H,1H3,(H,11,16). The number of rotatable bonds is 3. The van der Waals surface area contributed by atoms with Crippen LogP contribution in [0, 0.1) is 10.1 Å². The van der Waals surface area contributed by atoms with Gasteiger partial charge in [-0.25, -0.2) is 9.90 Å². The molecular formula is C10H9N5O4. The van der Waals surface area contributed by atoms with Gasteiger partial charge in [0.1, 0.15) is 0 Å². The van der Waals surface area contributed by atoms with E-state index in [9.17, 15) is 19.7 Å². The van der Waals surface area contributed by atoms with Crippen molar-refractivity contribution < 1.29 is 9.72 Å². The molecule has 0 aliphatic carbocycles. The van der Waals surface area contributed by atoms with Gasteiger partial charge in [-0.15, -0.1) is 5.10 Å². The van der Waals surface area contributed by atoms with Gasteiger partial charge in [-0.05, 0) is 12.1 Å². The Morgan fingerprint density at radius 3 is 2.53 bits per heavy atom. The first-order valence-corrected chi connectivity index (χ1v) is 5.16. The Labute approximate surface area is 106 Å². The van der Waals surface area contributed by atoms with Gasteiger partial charge in [-0.2, -0.15) is 0 Å². The number of carbonyl (C=O) groups is 1. The van der Waals surface area contributed by atoms with Gasteiger partial charge in [-0.3, -0.25) is 19.7 Å². The molecule has 0 saturated heterocycles. The van der Waals surface area contributed by atoms with E-state index in [0.29, 0.717) is 5.69 Å². The van der Waals surface area contributed by atoms with Crippen LogP contribution in [0.2, 0.25) is 0 Å². The zero-order valence-corrected chi connectivity index (χ0v) is 9.78. The summed E-state index contributed by atoms with van der Waals surface area (Å²) in [5.74, 6) is -0.685. The first-order chi connectivity index (χ1) is 8.99. The molecule has 98 valence electrons. The van der Waals surface area contributed by atoms with Crippen LogP contribution < -0.4 is 10.9 Å². The maximum Gasteiger partial charge on any atom is 0.299 e. The molecule has 19 heavy (non-hydrogen) atoms. The monoisotopic (exact) mass is 263 g/mol. The number of hydrogen-bond donors (Lipinski definition) is 2. The predicted molar refractivity (Wildman–Crippen MR) is 64.9 cm³/mol. The lowest BCUT2D eigenvalue weighted by Gasteiger charge is -2.01. The number of aromatic nitrogens is 3. The van der Waals surface area contributed by atoms with Crippen molar-refractivity contribution in [3.05, 3.63) is 50.4 Å². The number of amides is 1. The molecule has 0 saturated carbocycles. The number of anilines is 1. The summed E-state index contributed by atoms with van der Waals surface area (Å²) in [5, 5.41) is 18.8. The maximum atomic E-state index is 11.7. The highest BCUT2D eigenvalue weighted by Crippen LogP contribution is 2.15. The highest BCUT2D eigenvalue weighted by molar-refractivity contribution is 6.02. The number of H-pyrrole nitrogens is 1. The molecule has 0 aliphatic heterocycles. The maximum absolute atomic E-state index is 11.7. The largest absolute Gasteiger partial charge is 0.320 e. The number of nitrogens with one attached hydrogen (secondary N) is 2. The topological polar surface area (TPSA) is 123 Å². The second-order valence-electron chi connectivity index (χ2n) is 3.68. The number of nitrogens with zero attached hydrogens (tertiary/aromatic N) is 3. The van der Waals surface area contributed by atoms with Crippen molar-refractivity contribution in [2.24, 2.45) is 7.05 Å². The van der Waals surface area contributed by atoms with Crippen molar-refractivity contribution in [2.75, 3.05) is 5.32 Å². The fraction of sp³-hybridized carbons (Fsp3) is 0.100. The van der Waals surface area contributed by atoms with E-state index >= 15 is 0 Å². The Kier molecular flexibility index (Phi) is 3.10. The quantitative estimate of drug-likeness (QED) is 0.607. The lowest BCUT2D eigenvalue weighted by Crippen LogP contribution is -2.23. The zero-order valence-electron chi connectivity index (χ0n) is 9.78. The van der Waals surface area contributed by atoms with Gasteiger partial charge in [0.25, 0.3) is 17.2 Å². The summed E-state index contributed by atoms with van der Waals surface area (Å²) in [6.07, 6.45) is 0. The van der Waals surface area contributed by atoms with Gasteiger partial charge in [0.15, 0.2) is 0 Å². The molecule has 0 atom stereocenters. The van der Waals surface area contributed by atoms with Crippen molar-refractivity contribution in [3.63, 3.8) is 0 Å². The van der Waals surface area contributed by atoms with Crippen LogP contribution in [0.3, 0.4) is 0 Å². The van der Waals surface area contributed by atoms with Gasteiger partial charge in [-0.1, -0.05) is 0 Å². The second-order valence-corrected chi connectivity index (χ2v) is 3.68. The third-order valence-corrected chi connectivity index (χ3v) is 2.37. The molecule has 1 aromatic heterocycles. The summed E-state index contributed by atoms with van der Waals surface area (Å²) < 4.78 is 1.06. The van der Waals surface area contributed by atoms with E-state index in [1.807, 2.05) is 0 Å². The first kappa shape index (κ1) is 12.5. The van der Waals surface area contributed by atoms with Crippen LogP contribution in [0.15, 0.2) is 29.1 Å². The molecule has 1 heterocycles. The number of nitro benzene ring substituents is 1. The SMILES string of the molecule is Cn1[nH]nc(C(=O)Nc2ccc([N+](=O)[O-])cc2)c1=O. The van der Waals surface area contributed by atoms with Crippen molar-refractivity contribution in [1.82, 2.24) is 15.0 Å². The molecule has 0 fully saturated rings. The van der Waals surface area contributed by atoms with Gasteiger partial charge in [0, 0.05) is 24.9 Å². The van der Waals surface area contributed by atoms with Crippen molar-refractivity contribution in [1.29, 1.82) is 0 Å². The number of hydrogen-bond acceptors (Lipinski definition) is 5. The van der Waals surface area contributed by atoms with Crippen molar-refractivity contribution in [2.45, 2.75) is 0 Å². The van der Waals surface area contributed by atoms with Crippen LogP contribution in [0.4, 0.5) is 11.4 Å². The number of non-ortho nitro benzene ring substituents is 1. The molecule has 2 rings (SSSR count). The zero-order chi connectivity index (χ0) is 14.0. The Bertz CT molecular complexity index is 685. The van der Waals surface area contributed by atoms with Crippen LogP contribution in [0.1, 0.15) is 10.5 Å². The van der Waals surface area contributed by atoms with E-state index in [-0.39, 0.29) is 11.4 Å². The Morgan fingerprint density at radius 2 is 2.05 bits per heavy atom. The number of nitro groups is 1. The van der Waals surface area contributed by atoms with Crippen molar-refractivity contribution >= 4 is 17.3 Å². The number of benzene rings is 1. The van der Waals surface area contributed by atoms with Gasteiger partial charge >= 0.3 is 0 Å². The summed E-state index contributed by atoms with van der Waals surface area (Å²) in [6.45, 7) is 0. The summed E-state index contributed by atoms with van der Waals surface area (Å²) in [6, 6.07) is 5.23.